The lowest BCUT2D eigenvalue weighted by Gasteiger charge is -2.41. The summed E-state index contributed by atoms with van der Waals surface area (Å²) >= 11 is 0. The van der Waals surface area contributed by atoms with Crippen LogP contribution in [-0.2, 0) is 24.3 Å². The molecule has 1 fully saturated rings. The molecule has 0 atom stereocenters. The van der Waals surface area contributed by atoms with Gasteiger partial charge >= 0.3 is 6.03 Å². The summed E-state index contributed by atoms with van der Waals surface area (Å²) in [6.45, 7) is 5.47. The maximum absolute atomic E-state index is 12.7. The van der Waals surface area contributed by atoms with E-state index in [1.54, 1.807) is 18.5 Å². The zero-order valence-corrected chi connectivity index (χ0v) is 18.0. The fourth-order valence-electron chi connectivity index (χ4n) is 4.45. The number of hydrogen-bond donors (Lipinski definition) is 2. The molecule has 164 valence electrons. The van der Waals surface area contributed by atoms with Gasteiger partial charge in [-0.1, -0.05) is 13.0 Å². The van der Waals surface area contributed by atoms with Gasteiger partial charge in [0.2, 0.25) is 5.91 Å². The largest absolute Gasteiger partial charge is 0.384 e. The Bertz CT molecular complexity index is 912. The van der Waals surface area contributed by atoms with Gasteiger partial charge in [-0.3, -0.25) is 9.78 Å². The minimum absolute atomic E-state index is 0.0293. The first-order valence-corrected chi connectivity index (χ1v) is 10.9. The van der Waals surface area contributed by atoms with Gasteiger partial charge in [-0.25, -0.2) is 9.78 Å². The normalized spacial score (nSPS) is 17.3. The molecule has 3 amide bonds. The van der Waals surface area contributed by atoms with Gasteiger partial charge in [0.25, 0.3) is 0 Å². The summed E-state index contributed by atoms with van der Waals surface area (Å²) in [4.78, 5) is 37.4. The highest BCUT2D eigenvalue weighted by Gasteiger charge is 2.35. The van der Waals surface area contributed by atoms with Crippen molar-refractivity contribution in [1.29, 1.82) is 0 Å². The molecular formula is C23H30N6O2. The highest BCUT2D eigenvalue weighted by atomic mass is 16.2. The Kier molecular flexibility index (Phi) is 6.06. The summed E-state index contributed by atoms with van der Waals surface area (Å²) in [5, 5.41) is 3.15. The standard InChI is InChI=1S/C23H30N6O2/c1-2-23(16-27-22(31)29-14-18-5-8-25-13-19(18)15-29)6-9-28(10-7-23)21(30)11-17-3-4-20(24)26-12-17/h3-5,8,12-13H,2,6-7,9-11,14-16H2,1H3,(H2,24,26)(H,27,31). The molecule has 0 bridgehead atoms. The molecule has 0 saturated carbocycles. The van der Waals surface area contributed by atoms with Crippen LogP contribution in [0.1, 0.15) is 42.9 Å². The van der Waals surface area contributed by atoms with E-state index < -0.39 is 0 Å². The number of nitrogens with zero attached hydrogens (tertiary/aromatic N) is 4. The number of amides is 3. The van der Waals surface area contributed by atoms with Gasteiger partial charge in [-0.15, -0.1) is 0 Å². The third-order valence-electron chi connectivity index (χ3n) is 6.76. The van der Waals surface area contributed by atoms with Crippen molar-refractivity contribution in [1.82, 2.24) is 25.1 Å². The quantitative estimate of drug-likeness (QED) is 0.770. The number of urea groups is 1. The number of piperidine rings is 1. The minimum atomic E-state index is -0.0293. The predicted octanol–water partition coefficient (Wildman–Crippen LogP) is 2.35. The van der Waals surface area contributed by atoms with Crippen LogP contribution in [-0.4, -0.2) is 51.3 Å². The molecule has 2 aromatic rings. The number of likely N-dealkylation sites (tertiary alicyclic amines) is 1. The average Bonchev–Trinajstić information content (AvgIpc) is 3.24. The second kappa shape index (κ2) is 8.91. The van der Waals surface area contributed by atoms with E-state index >= 15 is 0 Å². The maximum atomic E-state index is 12.7. The summed E-state index contributed by atoms with van der Waals surface area (Å²) in [5.41, 5.74) is 8.80. The first-order chi connectivity index (χ1) is 15.0. The van der Waals surface area contributed by atoms with Crippen molar-refractivity contribution in [2.45, 2.75) is 45.7 Å². The molecule has 0 aromatic carbocycles. The lowest BCUT2D eigenvalue weighted by atomic mass is 9.76. The van der Waals surface area contributed by atoms with Crippen LogP contribution >= 0.6 is 0 Å². The SMILES string of the molecule is CCC1(CNC(=O)N2Cc3ccncc3C2)CCN(C(=O)Cc2ccc(N)nc2)CC1. The monoisotopic (exact) mass is 422 g/mol. The summed E-state index contributed by atoms with van der Waals surface area (Å²) < 4.78 is 0. The Labute approximate surface area is 182 Å². The summed E-state index contributed by atoms with van der Waals surface area (Å²) in [5.74, 6) is 0.571. The van der Waals surface area contributed by atoms with E-state index in [0.717, 1.165) is 30.4 Å². The number of nitrogens with one attached hydrogen (secondary N) is 1. The van der Waals surface area contributed by atoms with Gasteiger partial charge < -0.3 is 20.9 Å². The van der Waals surface area contributed by atoms with Gasteiger partial charge in [0, 0.05) is 51.3 Å². The van der Waals surface area contributed by atoms with Gasteiger partial charge in [0.15, 0.2) is 0 Å². The van der Waals surface area contributed by atoms with Crippen molar-refractivity contribution in [3.05, 3.63) is 53.5 Å². The first-order valence-electron chi connectivity index (χ1n) is 10.9. The highest BCUT2D eigenvalue weighted by Crippen LogP contribution is 2.34. The minimum Gasteiger partial charge on any atom is -0.384 e. The van der Waals surface area contributed by atoms with Crippen LogP contribution in [0.2, 0.25) is 0 Å². The molecule has 4 heterocycles. The number of carbonyl (C=O) groups excluding carboxylic acids is 2. The molecule has 1 saturated heterocycles. The smallest absolute Gasteiger partial charge is 0.318 e. The summed E-state index contributed by atoms with van der Waals surface area (Å²) in [6, 6.07) is 5.52. The molecule has 0 radical (unpaired) electrons. The van der Waals surface area contributed by atoms with Crippen LogP contribution in [0.25, 0.3) is 0 Å². The third kappa shape index (κ3) is 4.78. The maximum Gasteiger partial charge on any atom is 0.318 e. The van der Waals surface area contributed by atoms with Crippen molar-refractivity contribution in [3.8, 4) is 0 Å². The van der Waals surface area contributed by atoms with Crippen LogP contribution in [0.15, 0.2) is 36.8 Å². The van der Waals surface area contributed by atoms with Gasteiger partial charge in [-0.2, -0.15) is 0 Å². The van der Waals surface area contributed by atoms with Crippen molar-refractivity contribution in [2.24, 2.45) is 5.41 Å². The number of pyridine rings is 2. The van der Waals surface area contributed by atoms with Gasteiger partial charge in [0.05, 0.1) is 6.42 Å². The number of nitrogens with two attached hydrogens (primary N) is 1. The Morgan fingerprint density at radius 3 is 2.55 bits per heavy atom. The molecule has 3 N–H and O–H groups in total. The number of nitrogen functional groups attached to an aromatic ring is 1. The van der Waals surface area contributed by atoms with Crippen molar-refractivity contribution in [2.75, 3.05) is 25.4 Å². The Balaban J connectivity index is 1.27. The Morgan fingerprint density at radius 2 is 1.87 bits per heavy atom. The zero-order valence-electron chi connectivity index (χ0n) is 18.0. The summed E-state index contributed by atoms with van der Waals surface area (Å²) in [6.07, 6.45) is 8.36. The van der Waals surface area contributed by atoms with Crippen molar-refractivity contribution >= 4 is 17.8 Å². The number of hydrogen-bond acceptors (Lipinski definition) is 5. The molecule has 31 heavy (non-hydrogen) atoms. The lowest BCUT2D eigenvalue weighted by Crippen LogP contribution is -2.49. The molecule has 2 aromatic heterocycles. The molecular weight excluding hydrogens is 392 g/mol. The molecule has 2 aliphatic rings. The van der Waals surface area contributed by atoms with E-state index in [-0.39, 0.29) is 17.4 Å². The van der Waals surface area contributed by atoms with E-state index in [2.05, 4.69) is 22.2 Å². The number of rotatable bonds is 5. The number of aromatic nitrogens is 2. The van der Waals surface area contributed by atoms with Crippen LogP contribution in [0.5, 0.6) is 0 Å². The molecule has 0 unspecified atom stereocenters. The third-order valence-corrected chi connectivity index (χ3v) is 6.76. The van der Waals surface area contributed by atoms with Crippen molar-refractivity contribution in [3.63, 3.8) is 0 Å². The van der Waals surface area contributed by atoms with E-state index in [1.807, 2.05) is 28.1 Å². The predicted molar refractivity (Wildman–Crippen MR) is 118 cm³/mol. The van der Waals surface area contributed by atoms with Crippen LogP contribution < -0.4 is 11.1 Å². The fourth-order valence-corrected chi connectivity index (χ4v) is 4.45. The van der Waals surface area contributed by atoms with E-state index in [9.17, 15) is 9.59 Å². The van der Waals surface area contributed by atoms with Crippen LogP contribution in [0.3, 0.4) is 0 Å². The number of carbonyl (C=O) groups is 2. The Hall–Kier alpha value is -3.16. The molecule has 4 rings (SSSR count). The lowest BCUT2D eigenvalue weighted by molar-refractivity contribution is -0.132. The molecule has 0 aliphatic carbocycles. The topological polar surface area (TPSA) is 104 Å². The van der Waals surface area contributed by atoms with E-state index in [0.29, 0.717) is 45.0 Å². The van der Waals surface area contributed by atoms with Gasteiger partial charge in [0.1, 0.15) is 5.82 Å². The Morgan fingerprint density at radius 1 is 1.10 bits per heavy atom. The van der Waals surface area contributed by atoms with E-state index in [4.69, 9.17) is 5.73 Å². The zero-order chi connectivity index (χ0) is 21.8. The van der Waals surface area contributed by atoms with Crippen LogP contribution in [0, 0.1) is 5.41 Å². The number of fused-ring (bicyclic) bond motifs is 1. The van der Waals surface area contributed by atoms with Gasteiger partial charge in [-0.05, 0) is 53.5 Å². The van der Waals surface area contributed by atoms with Crippen molar-refractivity contribution < 1.29 is 9.59 Å². The second-order valence-corrected chi connectivity index (χ2v) is 8.66. The molecule has 2 aliphatic heterocycles. The summed E-state index contributed by atoms with van der Waals surface area (Å²) in [7, 11) is 0. The number of anilines is 1. The van der Waals surface area contributed by atoms with Crippen LogP contribution in [0.4, 0.5) is 10.6 Å². The average molecular weight is 423 g/mol. The first kappa shape index (κ1) is 21.1. The highest BCUT2D eigenvalue weighted by molar-refractivity contribution is 5.79. The second-order valence-electron chi connectivity index (χ2n) is 8.66. The fraction of sp³-hybridized carbons (Fsp3) is 0.478. The molecule has 0 spiro atoms. The van der Waals surface area contributed by atoms with E-state index in [1.165, 1.54) is 5.56 Å². The molecule has 8 heteroatoms. The molecule has 8 nitrogen and oxygen atoms in total.